The van der Waals surface area contributed by atoms with E-state index in [1.165, 1.54) is 7.11 Å². The van der Waals surface area contributed by atoms with Crippen LogP contribution >= 0.6 is 0 Å². The fourth-order valence-corrected chi connectivity index (χ4v) is 3.07. The molecule has 1 amide bonds. The van der Waals surface area contributed by atoms with Crippen LogP contribution < -0.4 is 14.4 Å². The SMILES string of the molecule is COc1ncccc1N1C(=O)CC[C@H]1COc1cccc(C)c1C=O. The van der Waals surface area contributed by atoms with Gasteiger partial charge in [-0.1, -0.05) is 12.1 Å². The number of anilines is 1. The third-order valence-electron chi connectivity index (χ3n) is 4.36. The molecule has 1 aromatic carbocycles. The van der Waals surface area contributed by atoms with Crippen LogP contribution in [0, 0.1) is 6.92 Å². The van der Waals surface area contributed by atoms with Gasteiger partial charge in [0.15, 0.2) is 6.29 Å². The van der Waals surface area contributed by atoms with Crippen molar-refractivity contribution >= 4 is 17.9 Å². The summed E-state index contributed by atoms with van der Waals surface area (Å²) in [6.45, 7) is 2.16. The van der Waals surface area contributed by atoms with E-state index in [0.29, 0.717) is 42.3 Å². The van der Waals surface area contributed by atoms with E-state index in [2.05, 4.69) is 4.98 Å². The topological polar surface area (TPSA) is 68.7 Å². The molecule has 6 nitrogen and oxygen atoms in total. The number of carbonyl (C=O) groups is 2. The van der Waals surface area contributed by atoms with Crippen LogP contribution in [0.25, 0.3) is 0 Å². The standard InChI is InChI=1S/C19H20N2O4/c1-13-5-3-7-17(15(13)11-22)25-12-14-8-9-18(23)21(14)16-6-4-10-20-19(16)24-2/h3-7,10-11,14H,8-9,12H2,1-2H3/t14-/m0/s1. The van der Waals surface area contributed by atoms with Crippen molar-refractivity contribution in [2.45, 2.75) is 25.8 Å². The molecular weight excluding hydrogens is 320 g/mol. The maximum Gasteiger partial charge on any atom is 0.237 e. The molecule has 1 aliphatic rings. The number of amides is 1. The second-order valence-electron chi connectivity index (χ2n) is 5.90. The van der Waals surface area contributed by atoms with Crippen LogP contribution in [0.3, 0.4) is 0 Å². The van der Waals surface area contributed by atoms with Crippen LogP contribution in [0.4, 0.5) is 5.69 Å². The molecular formula is C19H20N2O4. The monoisotopic (exact) mass is 340 g/mol. The Balaban J connectivity index is 1.81. The number of nitrogens with zero attached hydrogens (tertiary/aromatic N) is 2. The largest absolute Gasteiger partial charge is 0.491 e. The fraction of sp³-hybridized carbons (Fsp3) is 0.316. The number of pyridine rings is 1. The number of aromatic nitrogens is 1. The van der Waals surface area contributed by atoms with Crippen molar-refractivity contribution < 1.29 is 19.1 Å². The van der Waals surface area contributed by atoms with E-state index >= 15 is 0 Å². The molecule has 3 rings (SSSR count). The maximum atomic E-state index is 12.4. The van der Waals surface area contributed by atoms with Crippen molar-refractivity contribution in [3.63, 3.8) is 0 Å². The highest BCUT2D eigenvalue weighted by Gasteiger charge is 2.34. The van der Waals surface area contributed by atoms with Gasteiger partial charge in [0.2, 0.25) is 11.8 Å². The summed E-state index contributed by atoms with van der Waals surface area (Å²) >= 11 is 0. The average molecular weight is 340 g/mol. The van der Waals surface area contributed by atoms with Crippen molar-refractivity contribution in [2.24, 2.45) is 0 Å². The highest BCUT2D eigenvalue weighted by molar-refractivity contribution is 5.97. The Labute approximate surface area is 146 Å². The number of aldehydes is 1. The van der Waals surface area contributed by atoms with Crippen molar-refractivity contribution in [1.29, 1.82) is 0 Å². The van der Waals surface area contributed by atoms with Crippen molar-refractivity contribution in [1.82, 2.24) is 4.98 Å². The number of ether oxygens (including phenoxy) is 2. The van der Waals surface area contributed by atoms with Crippen LogP contribution in [0.2, 0.25) is 0 Å². The lowest BCUT2D eigenvalue weighted by Crippen LogP contribution is -2.37. The van der Waals surface area contributed by atoms with E-state index < -0.39 is 0 Å². The number of aryl methyl sites for hydroxylation is 1. The second kappa shape index (κ2) is 7.34. The highest BCUT2D eigenvalue weighted by Crippen LogP contribution is 2.33. The Morgan fingerprint density at radius 3 is 2.92 bits per heavy atom. The Bertz CT molecular complexity index is 791. The Hall–Kier alpha value is -2.89. The van der Waals surface area contributed by atoms with Crippen LogP contribution in [-0.4, -0.2) is 36.9 Å². The molecule has 25 heavy (non-hydrogen) atoms. The molecule has 0 N–H and O–H groups in total. The molecule has 2 heterocycles. The van der Waals surface area contributed by atoms with E-state index in [-0.39, 0.29) is 11.9 Å². The van der Waals surface area contributed by atoms with Gasteiger partial charge >= 0.3 is 0 Å². The fourth-order valence-electron chi connectivity index (χ4n) is 3.07. The van der Waals surface area contributed by atoms with E-state index in [1.54, 1.807) is 23.2 Å². The molecule has 1 atom stereocenters. The Morgan fingerprint density at radius 1 is 1.32 bits per heavy atom. The van der Waals surface area contributed by atoms with Gasteiger partial charge in [-0.3, -0.25) is 9.59 Å². The lowest BCUT2D eigenvalue weighted by Gasteiger charge is -2.26. The van der Waals surface area contributed by atoms with Gasteiger partial charge in [-0.15, -0.1) is 0 Å². The third kappa shape index (κ3) is 3.33. The first-order valence-corrected chi connectivity index (χ1v) is 8.14. The summed E-state index contributed by atoms with van der Waals surface area (Å²) in [5, 5.41) is 0. The number of benzene rings is 1. The maximum absolute atomic E-state index is 12.4. The van der Waals surface area contributed by atoms with Crippen molar-refractivity contribution in [3.05, 3.63) is 47.7 Å². The summed E-state index contributed by atoms with van der Waals surface area (Å²) in [5.41, 5.74) is 2.04. The van der Waals surface area contributed by atoms with Gasteiger partial charge in [0.1, 0.15) is 18.0 Å². The highest BCUT2D eigenvalue weighted by atomic mass is 16.5. The van der Waals surface area contributed by atoms with Crippen LogP contribution in [0.1, 0.15) is 28.8 Å². The normalized spacial score (nSPS) is 16.8. The zero-order chi connectivity index (χ0) is 17.8. The summed E-state index contributed by atoms with van der Waals surface area (Å²) in [5.74, 6) is 0.957. The van der Waals surface area contributed by atoms with Gasteiger partial charge in [-0.05, 0) is 37.1 Å². The smallest absolute Gasteiger partial charge is 0.237 e. The first-order chi connectivity index (χ1) is 12.2. The minimum atomic E-state index is -0.134. The zero-order valence-corrected chi connectivity index (χ0v) is 14.3. The van der Waals surface area contributed by atoms with Crippen LogP contribution in [0.5, 0.6) is 11.6 Å². The molecule has 2 aromatic rings. The third-order valence-corrected chi connectivity index (χ3v) is 4.36. The Kier molecular flexibility index (Phi) is 4.97. The van der Waals surface area contributed by atoms with E-state index in [0.717, 1.165) is 11.8 Å². The molecule has 1 aliphatic heterocycles. The molecule has 1 fully saturated rings. The summed E-state index contributed by atoms with van der Waals surface area (Å²) in [6.07, 6.45) is 3.55. The number of rotatable bonds is 6. The predicted molar refractivity (Wildman–Crippen MR) is 93.4 cm³/mol. The molecule has 1 saturated heterocycles. The van der Waals surface area contributed by atoms with Gasteiger partial charge < -0.3 is 14.4 Å². The molecule has 0 bridgehead atoms. The van der Waals surface area contributed by atoms with Crippen LogP contribution in [-0.2, 0) is 4.79 Å². The van der Waals surface area contributed by atoms with Crippen molar-refractivity contribution in [2.75, 3.05) is 18.6 Å². The minimum Gasteiger partial charge on any atom is -0.491 e. The van der Waals surface area contributed by atoms with E-state index in [4.69, 9.17) is 9.47 Å². The number of hydrogen-bond donors (Lipinski definition) is 0. The van der Waals surface area contributed by atoms with E-state index in [9.17, 15) is 9.59 Å². The summed E-state index contributed by atoms with van der Waals surface area (Å²) in [6, 6.07) is 8.92. The van der Waals surface area contributed by atoms with Crippen LogP contribution in [0.15, 0.2) is 36.5 Å². The van der Waals surface area contributed by atoms with Gasteiger partial charge in [0, 0.05) is 12.6 Å². The zero-order valence-electron chi connectivity index (χ0n) is 14.3. The first kappa shape index (κ1) is 17.0. The van der Waals surface area contributed by atoms with Gasteiger partial charge in [0.05, 0.1) is 18.7 Å². The quantitative estimate of drug-likeness (QED) is 0.756. The van der Waals surface area contributed by atoms with Gasteiger partial charge in [-0.25, -0.2) is 4.98 Å². The number of methoxy groups -OCH3 is 1. The van der Waals surface area contributed by atoms with E-state index in [1.807, 2.05) is 25.1 Å². The first-order valence-electron chi connectivity index (χ1n) is 8.14. The average Bonchev–Trinajstić information content (AvgIpc) is 3.00. The number of carbonyl (C=O) groups excluding carboxylic acids is 2. The lowest BCUT2D eigenvalue weighted by molar-refractivity contribution is -0.117. The number of hydrogen-bond acceptors (Lipinski definition) is 5. The molecule has 0 spiro atoms. The van der Waals surface area contributed by atoms with Gasteiger partial charge in [-0.2, -0.15) is 0 Å². The summed E-state index contributed by atoms with van der Waals surface area (Å²) < 4.78 is 11.2. The molecule has 130 valence electrons. The lowest BCUT2D eigenvalue weighted by atomic mass is 10.1. The minimum absolute atomic E-state index is 0.0137. The molecule has 0 saturated carbocycles. The molecule has 0 aliphatic carbocycles. The Morgan fingerprint density at radius 2 is 2.16 bits per heavy atom. The summed E-state index contributed by atoms with van der Waals surface area (Å²) in [4.78, 5) is 29.5. The van der Waals surface area contributed by atoms with Gasteiger partial charge in [0.25, 0.3) is 0 Å². The second-order valence-corrected chi connectivity index (χ2v) is 5.90. The molecule has 1 aromatic heterocycles. The molecule has 6 heteroatoms. The van der Waals surface area contributed by atoms with Crippen molar-refractivity contribution in [3.8, 4) is 11.6 Å². The summed E-state index contributed by atoms with van der Waals surface area (Å²) in [7, 11) is 1.53. The molecule has 0 radical (unpaired) electrons. The molecule has 0 unspecified atom stereocenters. The predicted octanol–water partition coefficient (Wildman–Crippen LogP) is 2.79.